The average Bonchev–Trinajstić information content (AvgIpc) is 2.66. The van der Waals surface area contributed by atoms with Crippen LogP contribution in [0.25, 0.3) is 0 Å². The monoisotopic (exact) mass is 262 g/mol. The third kappa shape index (κ3) is 5.50. The van der Waals surface area contributed by atoms with E-state index in [2.05, 4.69) is 49.9 Å². The summed E-state index contributed by atoms with van der Waals surface area (Å²) in [6, 6.07) is 2.13. The Bertz CT molecular complexity index is 435. The summed E-state index contributed by atoms with van der Waals surface area (Å²) in [4.78, 5) is 2.22. The van der Waals surface area contributed by atoms with Crippen LogP contribution in [0.2, 0.25) is 0 Å². The molecule has 0 atom stereocenters. The van der Waals surface area contributed by atoms with Crippen LogP contribution < -0.4 is 5.32 Å². The summed E-state index contributed by atoms with van der Waals surface area (Å²) < 4.78 is 5.79. The van der Waals surface area contributed by atoms with E-state index in [1.165, 1.54) is 5.56 Å². The quantitative estimate of drug-likeness (QED) is 0.799. The molecule has 1 aromatic rings. The minimum atomic E-state index is 0.0970. The molecule has 0 saturated heterocycles. The molecule has 19 heavy (non-hydrogen) atoms. The molecule has 0 unspecified atom stereocenters. The molecule has 0 saturated carbocycles. The Morgan fingerprint density at radius 3 is 2.63 bits per heavy atom. The lowest BCUT2D eigenvalue weighted by Crippen LogP contribution is -2.34. The van der Waals surface area contributed by atoms with Crippen LogP contribution in [0.15, 0.2) is 10.5 Å². The van der Waals surface area contributed by atoms with Crippen molar-refractivity contribution in [1.82, 2.24) is 10.2 Å². The Hall–Kier alpha value is -1.24. The van der Waals surface area contributed by atoms with Crippen molar-refractivity contribution in [2.75, 3.05) is 13.1 Å². The van der Waals surface area contributed by atoms with Gasteiger partial charge in [-0.2, -0.15) is 0 Å². The molecule has 1 rings (SSSR count). The van der Waals surface area contributed by atoms with Gasteiger partial charge in [0.05, 0.1) is 13.1 Å². The molecular formula is C16H26N2O. The summed E-state index contributed by atoms with van der Waals surface area (Å²) in [5.74, 6) is 4.67. The second-order valence-corrected chi connectivity index (χ2v) is 5.91. The molecule has 0 aromatic carbocycles. The summed E-state index contributed by atoms with van der Waals surface area (Å²) >= 11 is 0. The third-order valence-electron chi connectivity index (χ3n) is 3.02. The number of terminal acetylenes is 1. The number of hydrogen-bond acceptors (Lipinski definition) is 3. The van der Waals surface area contributed by atoms with Gasteiger partial charge in [-0.25, -0.2) is 0 Å². The lowest BCUT2D eigenvalue weighted by molar-refractivity contribution is 0.313. The van der Waals surface area contributed by atoms with Gasteiger partial charge in [-0.3, -0.25) is 4.90 Å². The third-order valence-corrected chi connectivity index (χ3v) is 3.02. The van der Waals surface area contributed by atoms with Gasteiger partial charge in [0.1, 0.15) is 11.5 Å². The average molecular weight is 262 g/mol. The summed E-state index contributed by atoms with van der Waals surface area (Å²) in [5, 5.41) is 3.43. The Kier molecular flexibility index (Phi) is 5.65. The highest BCUT2D eigenvalue weighted by atomic mass is 16.3. The molecule has 106 valence electrons. The first-order valence-corrected chi connectivity index (χ1v) is 6.84. The van der Waals surface area contributed by atoms with E-state index in [9.17, 15) is 0 Å². The molecule has 3 heteroatoms. The number of nitrogens with one attached hydrogen (secondary N) is 1. The highest BCUT2D eigenvalue weighted by Crippen LogP contribution is 2.17. The number of nitrogens with zero attached hydrogens (tertiary/aromatic N) is 1. The molecule has 0 spiro atoms. The van der Waals surface area contributed by atoms with Gasteiger partial charge in [0, 0.05) is 17.6 Å². The molecule has 0 aliphatic carbocycles. The van der Waals surface area contributed by atoms with Crippen LogP contribution in [0.3, 0.4) is 0 Å². The number of hydrogen-bond donors (Lipinski definition) is 1. The van der Waals surface area contributed by atoms with E-state index in [4.69, 9.17) is 10.8 Å². The second kappa shape index (κ2) is 6.79. The van der Waals surface area contributed by atoms with Gasteiger partial charge in [0.2, 0.25) is 0 Å². The van der Waals surface area contributed by atoms with Crippen molar-refractivity contribution in [2.24, 2.45) is 0 Å². The maximum Gasteiger partial charge on any atom is 0.118 e. The zero-order valence-corrected chi connectivity index (χ0v) is 12.8. The maximum absolute atomic E-state index is 5.79. The minimum Gasteiger partial charge on any atom is -0.465 e. The fraction of sp³-hybridized carbons (Fsp3) is 0.625. The summed E-state index contributed by atoms with van der Waals surface area (Å²) in [7, 11) is 0. The predicted molar refractivity (Wildman–Crippen MR) is 79.8 cm³/mol. The zero-order chi connectivity index (χ0) is 14.5. The van der Waals surface area contributed by atoms with E-state index in [1.807, 2.05) is 6.92 Å². The number of rotatable bonds is 6. The first-order valence-electron chi connectivity index (χ1n) is 6.84. The summed E-state index contributed by atoms with van der Waals surface area (Å²) in [6.45, 7) is 13.8. The van der Waals surface area contributed by atoms with Gasteiger partial charge >= 0.3 is 0 Å². The van der Waals surface area contributed by atoms with Crippen molar-refractivity contribution in [3.8, 4) is 12.3 Å². The largest absolute Gasteiger partial charge is 0.465 e. The smallest absolute Gasteiger partial charge is 0.118 e. The van der Waals surface area contributed by atoms with E-state index < -0.39 is 0 Å². The normalized spacial score (nSPS) is 11.8. The van der Waals surface area contributed by atoms with Crippen LogP contribution in [0, 0.1) is 19.3 Å². The van der Waals surface area contributed by atoms with Crippen LogP contribution in [0.4, 0.5) is 0 Å². The Morgan fingerprint density at radius 2 is 2.11 bits per heavy atom. The molecule has 0 bridgehead atoms. The standard InChI is InChI=1S/C16H26N2O/c1-7-9-18(8-2)12-14-10-15(19-13(14)3)11-17-16(4,5)6/h1,10,17H,8-9,11-12H2,2-6H3. The maximum atomic E-state index is 5.79. The van der Waals surface area contributed by atoms with Crippen molar-refractivity contribution >= 4 is 0 Å². The summed E-state index contributed by atoms with van der Waals surface area (Å²) in [5.41, 5.74) is 1.32. The molecule has 0 fully saturated rings. The molecule has 1 heterocycles. The number of furan rings is 1. The predicted octanol–water partition coefficient (Wildman–Crippen LogP) is 2.93. The van der Waals surface area contributed by atoms with Crippen LogP contribution in [0.1, 0.15) is 44.8 Å². The van der Waals surface area contributed by atoms with E-state index in [1.54, 1.807) is 0 Å². The molecule has 0 amide bonds. The highest BCUT2D eigenvalue weighted by Gasteiger charge is 2.13. The van der Waals surface area contributed by atoms with Crippen LogP contribution in [-0.4, -0.2) is 23.5 Å². The second-order valence-electron chi connectivity index (χ2n) is 5.91. The molecule has 3 nitrogen and oxygen atoms in total. The molecule has 1 N–H and O–H groups in total. The van der Waals surface area contributed by atoms with Gasteiger partial charge in [-0.05, 0) is 40.3 Å². The van der Waals surface area contributed by atoms with Crippen LogP contribution in [-0.2, 0) is 13.1 Å². The first-order chi connectivity index (χ1) is 8.85. The van der Waals surface area contributed by atoms with Crippen molar-refractivity contribution in [2.45, 2.75) is 53.2 Å². The van der Waals surface area contributed by atoms with Crippen LogP contribution in [0.5, 0.6) is 0 Å². The lowest BCUT2D eigenvalue weighted by atomic mass is 10.1. The van der Waals surface area contributed by atoms with Gasteiger partial charge in [0.25, 0.3) is 0 Å². The number of aryl methyl sites for hydroxylation is 1. The SMILES string of the molecule is C#CCN(CC)Cc1cc(CNC(C)(C)C)oc1C. The van der Waals surface area contributed by atoms with Gasteiger partial charge in [-0.15, -0.1) is 6.42 Å². The van der Waals surface area contributed by atoms with Crippen molar-refractivity contribution in [3.63, 3.8) is 0 Å². The van der Waals surface area contributed by atoms with E-state index in [-0.39, 0.29) is 5.54 Å². The first kappa shape index (κ1) is 15.8. The topological polar surface area (TPSA) is 28.4 Å². The van der Waals surface area contributed by atoms with E-state index in [0.29, 0.717) is 6.54 Å². The molecule has 0 radical (unpaired) electrons. The minimum absolute atomic E-state index is 0.0970. The zero-order valence-electron chi connectivity index (χ0n) is 12.8. The Morgan fingerprint density at radius 1 is 1.42 bits per heavy atom. The van der Waals surface area contributed by atoms with Crippen molar-refractivity contribution in [3.05, 3.63) is 23.2 Å². The van der Waals surface area contributed by atoms with Crippen LogP contribution >= 0.6 is 0 Å². The van der Waals surface area contributed by atoms with Crippen molar-refractivity contribution in [1.29, 1.82) is 0 Å². The molecular weight excluding hydrogens is 236 g/mol. The molecule has 0 aliphatic heterocycles. The molecule has 0 aliphatic rings. The van der Waals surface area contributed by atoms with Gasteiger partial charge in [0.15, 0.2) is 0 Å². The van der Waals surface area contributed by atoms with E-state index in [0.717, 1.165) is 31.2 Å². The highest BCUT2D eigenvalue weighted by molar-refractivity contribution is 5.21. The van der Waals surface area contributed by atoms with E-state index >= 15 is 0 Å². The molecule has 1 aromatic heterocycles. The Balaban J connectivity index is 2.66. The summed E-state index contributed by atoms with van der Waals surface area (Å²) in [6.07, 6.45) is 5.37. The van der Waals surface area contributed by atoms with Crippen molar-refractivity contribution < 1.29 is 4.42 Å². The fourth-order valence-electron chi connectivity index (χ4n) is 1.83. The Labute approximate surface area is 117 Å². The van der Waals surface area contributed by atoms with Gasteiger partial charge < -0.3 is 9.73 Å². The van der Waals surface area contributed by atoms with Gasteiger partial charge in [-0.1, -0.05) is 12.8 Å². The fourth-order valence-corrected chi connectivity index (χ4v) is 1.83. The lowest BCUT2D eigenvalue weighted by Gasteiger charge is -2.19.